The molecule has 6 nitrogen and oxygen atoms in total. The fourth-order valence-electron chi connectivity index (χ4n) is 2.72. The maximum absolute atomic E-state index is 10.7. The molecule has 0 saturated carbocycles. The minimum absolute atomic E-state index is 0.201. The van der Waals surface area contributed by atoms with Crippen molar-refractivity contribution in [3.63, 3.8) is 0 Å². The van der Waals surface area contributed by atoms with Crippen molar-refractivity contribution < 1.29 is 4.79 Å². The van der Waals surface area contributed by atoms with Crippen molar-refractivity contribution in [3.8, 4) is 11.3 Å². The van der Waals surface area contributed by atoms with Crippen molar-refractivity contribution >= 4 is 23.1 Å². The molecule has 3 N–H and O–H groups in total. The molecule has 2 heterocycles. The number of carbonyl (C=O) groups excluding carboxylic acids is 1. The number of ketones is 1. The Morgan fingerprint density at radius 1 is 0.786 bits per heavy atom. The molecule has 0 saturated heterocycles. The molecule has 28 heavy (non-hydrogen) atoms. The van der Waals surface area contributed by atoms with Crippen molar-refractivity contribution in [3.05, 3.63) is 96.4 Å². The zero-order valence-corrected chi connectivity index (χ0v) is 14.9. The van der Waals surface area contributed by atoms with Gasteiger partial charge in [-0.05, 0) is 36.4 Å². The van der Waals surface area contributed by atoms with Crippen LogP contribution in [0.3, 0.4) is 0 Å². The summed E-state index contributed by atoms with van der Waals surface area (Å²) < 4.78 is 0. The van der Waals surface area contributed by atoms with Crippen LogP contribution in [-0.2, 0) is 0 Å². The molecule has 0 unspecified atom stereocenters. The number of para-hydroxylation sites is 2. The molecular formula is C22H17N5O. The van der Waals surface area contributed by atoms with E-state index in [1.165, 1.54) is 0 Å². The molecule has 2 aromatic heterocycles. The highest BCUT2D eigenvalue weighted by molar-refractivity contribution is 6.16. The van der Waals surface area contributed by atoms with Crippen molar-refractivity contribution in [2.24, 2.45) is 0 Å². The summed E-state index contributed by atoms with van der Waals surface area (Å²) in [6.07, 6.45) is 5.18. The van der Waals surface area contributed by atoms with Gasteiger partial charge in [0.15, 0.2) is 5.78 Å². The Morgan fingerprint density at radius 3 is 2.18 bits per heavy atom. The van der Waals surface area contributed by atoms with E-state index in [1.807, 2.05) is 66.7 Å². The SMILES string of the molecule is Nc1ccccc1Nc1nccc(-c2ccncc2)n1.O=C1c2cccc1c2. The Labute approximate surface area is 162 Å². The molecule has 2 aliphatic rings. The Bertz CT molecular complexity index is 1100. The topological polar surface area (TPSA) is 93.8 Å². The number of benzene rings is 2. The number of hydrogen-bond acceptors (Lipinski definition) is 6. The lowest BCUT2D eigenvalue weighted by molar-refractivity contribution is 0.102. The first-order valence-corrected chi connectivity index (χ1v) is 8.70. The predicted octanol–water partition coefficient (Wildman–Crippen LogP) is 4.10. The van der Waals surface area contributed by atoms with E-state index in [0.717, 1.165) is 28.1 Å². The minimum Gasteiger partial charge on any atom is -0.397 e. The molecule has 136 valence electrons. The van der Waals surface area contributed by atoms with E-state index < -0.39 is 0 Å². The molecule has 0 spiro atoms. The summed E-state index contributed by atoms with van der Waals surface area (Å²) in [5.74, 6) is 0.713. The molecule has 0 atom stereocenters. The summed E-state index contributed by atoms with van der Waals surface area (Å²) in [6, 6.07) is 20.6. The van der Waals surface area contributed by atoms with Crippen LogP contribution in [0.25, 0.3) is 11.3 Å². The number of fused-ring (bicyclic) bond motifs is 2. The summed E-state index contributed by atoms with van der Waals surface area (Å²) in [6.45, 7) is 0. The number of anilines is 3. The van der Waals surface area contributed by atoms with E-state index in [4.69, 9.17) is 5.73 Å². The van der Waals surface area contributed by atoms with Gasteiger partial charge >= 0.3 is 0 Å². The zero-order valence-electron chi connectivity index (χ0n) is 14.9. The fraction of sp³-hybridized carbons (Fsp3) is 0. The third-order valence-corrected chi connectivity index (χ3v) is 4.23. The lowest BCUT2D eigenvalue weighted by Gasteiger charge is -2.10. The average molecular weight is 367 g/mol. The smallest absolute Gasteiger partial charge is 0.227 e. The number of rotatable bonds is 3. The maximum atomic E-state index is 10.7. The van der Waals surface area contributed by atoms with Crippen LogP contribution in [0.1, 0.15) is 15.9 Å². The van der Waals surface area contributed by atoms with Gasteiger partial charge in [-0.3, -0.25) is 9.78 Å². The third-order valence-electron chi connectivity index (χ3n) is 4.23. The number of nitrogens with zero attached hydrogens (tertiary/aromatic N) is 3. The zero-order chi connectivity index (χ0) is 19.3. The molecular weight excluding hydrogens is 350 g/mol. The molecule has 0 radical (unpaired) electrons. The highest BCUT2D eigenvalue weighted by Gasteiger charge is 2.17. The number of nitrogens with one attached hydrogen (secondary N) is 1. The third kappa shape index (κ3) is 3.71. The Hall–Kier alpha value is -4.06. The highest BCUT2D eigenvalue weighted by Crippen LogP contribution is 2.22. The molecule has 0 aliphatic heterocycles. The van der Waals surface area contributed by atoms with Gasteiger partial charge in [-0.15, -0.1) is 0 Å². The molecule has 2 aliphatic carbocycles. The molecule has 0 fully saturated rings. The van der Waals surface area contributed by atoms with Gasteiger partial charge in [-0.2, -0.15) is 0 Å². The summed E-state index contributed by atoms with van der Waals surface area (Å²) in [5, 5.41) is 3.12. The average Bonchev–Trinajstić information content (AvgIpc) is 2.77. The van der Waals surface area contributed by atoms with Crippen LogP contribution in [0.5, 0.6) is 0 Å². The number of pyridine rings is 1. The van der Waals surface area contributed by atoms with Crippen LogP contribution in [0.4, 0.5) is 17.3 Å². The quantitative estimate of drug-likeness (QED) is 0.466. The second-order valence-corrected chi connectivity index (χ2v) is 6.12. The van der Waals surface area contributed by atoms with Gasteiger partial charge in [0.1, 0.15) is 0 Å². The summed E-state index contributed by atoms with van der Waals surface area (Å²) >= 11 is 0. The van der Waals surface area contributed by atoms with Crippen LogP contribution >= 0.6 is 0 Å². The molecule has 2 aromatic carbocycles. The van der Waals surface area contributed by atoms with Crippen molar-refractivity contribution in [1.82, 2.24) is 15.0 Å². The standard InChI is InChI=1S/C15H13N5.C7H4O/c16-12-3-1-2-4-14(12)20-15-18-10-7-13(19-15)11-5-8-17-9-6-11;8-7-5-2-1-3-6(7)4-5/h1-10H,16H2,(H,18,19,20);1-4H. The number of hydrogen-bond donors (Lipinski definition) is 2. The van der Waals surface area contributed by atoms with Crippen LogP contribution in [0.15, 0.2) is 85.3 Å². The normalized spacial score (nSPS) is 11.1. The number of carbonyl (C=O) groups is 1. The predicted molar refractivity (Wildman–Crippen MR) is 109 cm³/mol. The van der Waals surface area contributed by atoms with Gasteiger partial charge in [0.05, 0.1) is 17.1 Å². The van der Waals surface area contributed by atoms with Crippen molar-refractivity contribution in [1.29, 1.82) is 0 Å². The van der Waals surface area contributed by atoms with Gasteiger partial charge < -0.3 is 11.1 Å². The van der Waals surface area contributed by atoms with Gasteiger partial charge in [0.25, 0.3) is 0 Å². The lowest BCUT2D eigenvalue weighted by atomic mass is 9.92. The summed E-state index contributed by atoms with van der Waals surface area (Å²) in [7, 11) is 0. The van der Waals surface area contributed by atoms with Crippen LogP contribution in [0.2, 0.25) is 0 Å². The maximum Gasteiger partial charge on any atom is 0.227 e. The lowest BCUT2D eigenvalue weighted by Crippen LogP contribution is -2.10. The highest BCUT2D eigenvalue weighted by atomic mass is 16.1. The fourth-order valence-corrected chi connectivity index (χ4v) is 2.72. The van der Waals surface area contributed by atoms with Gasteiger partial charge in [-0.25, -0.2) is 9.97 Å². The monoisotopic (exact) mass is 367 g/mol. The first-order chi connectivity index (χ1) is 13.7. The number of aromatic nitrogens is 3. The summed E-state index contributed by atoms with van der Waals surface area (Å²) in [4.78, 5) is 23.3. The van der Waals surface area contributed by atoms with Crippen LogP contribution in [-0.4, -0.2) is 20.7 Å². The van der Waals surface area contributed by atoms with E-state index >= 15 is 0 Å². The second kappa shape index (κ2) is 7.67. The minimum atomic E-state index is 0.201. The number of nitrogen functional groups attached to an aromatic ring is 1. The molecule has 6 heteroatoms. The van der Waals surface area contributed by atoms with Crippen LogP contribution in [0, 0.1) is 0 Å². The van der Waals surface area contributed by atoms with Crippen LogP contribution < -0.4 is 11.1 Å². The van der Waals surface area contributed by atoms with E-state index in [0.29, 0.717) is 11.6 Å². The van der Waals surface area contributed by atoms with Crippen molar-refractivity contribution in [2.75, 3.05) is 11.1 Å². The molecule has 2 bridgehead atoms. The largest absolute Gasteiger partial charge is 0.397 e. The van der Waals surface area contributed by atoms with E-state index in [1.54, 1.807) is 18.6 Å². The molecule has 4 aromatic rings. The number of nitrogens with two attached hydrogens (primary N) is 1. The van der Waals surface area contributed by atoms with E-state index in [-0.39, 0.29) is 5.78 Å². The van der Waals surface area contributed by atoms with E-state index in [2.05, 4.69) is 20.3 Å². The van der Waals surface area contributed by atoms with Crippen molar-refractivity contribution in [2.45, 2.75) is 0 Å². The molecule has 0 amide bonds. The Morgan fingerprint density at radius 2 is 1.54 bits per heavy atom. The second-order valence-electron chi connectivity index (χ2n) is 6.12. The Balaban J connectivity index is 0.000000198. The van der Waals surface area contributed by atoms with E-state index in [9.17, 15) is 4.79 Å². The van der Waals surface area contributed by atoms with Gasteiger partial charge in [0.2, 0.25) is 5.95 Å². The first-order valence-electron chi connectivity index (χ1n) is 8.70. The van der Waals surface area contributed by atoms with Gasteiger partial charge in [0, 0.05) is 35.3 Å². The first kappa shape index (κ1) is 17.4. The van der Waals surface area contributed by atoms with Gasteiger partial charge in [-0.1, -0.05) is 30.3 Å². The molecule has 6 rings (SSSR count). The Kier molecular flexibility index (Phi) is 4.76. The summed E-state index contributed by atoms with van der Waals surface area (Å²) in [5.41, 5.74) is 10.9.